The zero-order valence-corrected chi connectivity index (χ0v) is 11.4. The molecule has 3 N–H and O–H groups in total. The van der Waals surface area contributed by atoms with Crippen LogP contribution in [0.5, 0.6) is 0 Å². The number of fused-ring (bicyclic) bond motifs is 1. The number of rotatable bonds is 3. The molecule has 0 aliphatic rings. The van der Waals surface area contributed by atoms with Crippen molar-refractivity contribution in [1.82, 2.24) is 4.98 Å². The second-order valence-electron chi connectivity index (χ2n) is 4.76. The molecule has 1 aromatic heterocycles. The van der Waals surface area contributed by atoms with E-state index < -0.39 is 0 Å². The number of para-hydroxylation sites is 1. The molecule has 0 fully saturated rings. The van der Waals surface area contributed by atoms with Crippen LogP contribution in [-0.2, 0) is 6.54 Å². The highest BCUT2D eigenvalue weighted by Crippen LogP contribution is 2.22. The highest BCUT2D eigenvalue weighted by Gasteiger charge is 2.04. The van der Waals surface area contributed by atoms with E-state index in [-0.39, 0.29) is 0 Å². The number of nitrogens with one attached hydrogen (secondary N) is 1. The third-order valence-corrected chi connectivity index (χ3v) is 3.37. The summed E-state index contributed by atoms with van der Waals surface area (Å²) < 4.78 is 0. The SMILES string of the molecule is N#Cc1ccc(N)c(NCc2cccc3cccnc23)c1. The average molecular weight is 274 g/mol. The van der Waals surface area contributed by atoms with E-state index in [2.05, 4.69) is 16.4 Å². The second-order valence-corrected chi connectivity index (χ2v) is 4.76. The predicted octanol–water partition coefficient (Wildman–Crippen LogP) is 3.30. The number of hydrogen-bond donors (Lipinski definition) is 2. The van der Waals surface area contributed by atoms with Gasteiger partial charge in [0.05, 0.1) is 28.5 Å². The average Bonchev–Trinajstić information content (AvgIpc) is 2.54. The number of nitrogen functional groups attached to an aromatic ring is 1. The molecule has 0 saturated heterocycles. The van der Waals surface area contributed by atoms with Crippen LogP contribution in [0.2, 0.25) is 0 Å². The second kappa shape index (κ2) is 5.51. The monoisotopic (exact) mass is 274 g/mol. The van der Waals surface area contributed by atoms with Gasteiger partial charge in [-0.05, 0) is 29.8 Å². The molecule has 0 aliphatic heterocycles. The standard InChI is InChI=1S/C17H14N4/c18-10-12-6-7-15(19)16(9-12)21-11-14-4-1-3-13-5-2-8-20-17(13)14/h1-9,21H,11,19H2. The first-order valence-corrected chi connectivity index (χ1v) is 6.64. The fourth-order valence-corrected chi connectivity index (χ4v) is 2.28. The van der Waals surface area contributed by atoms with Gasteiger partial charge in [0.15, 0.2) is 0 Å². The van der Waals surface area contributed by atoms with Crippen molar-refractivity contribution in [2.45, 2.75) is 6.54 Å². The first kappa shape index (κ1) is 12.9. The maximum atomic E-state index is 8.95. The minimum atomic E-state index is 0.586. The zero-order chi connectivity index (χ0) is 14.7. The van der Waals surface area contributed by atoms with E-state index in [1.54, 1.807) is 24.4 Å². The molecule has 0 spiro atoms. The molecule has 0 radical (unpaired) electrons. The number of aromatic nitrogens is 1. The Bertz CT molecular complexity index is 828. The first-order valence-electron chi connectivity index (χ1n) is 6.64. The van der Waals surface area contributed by atoms with Gasteiger partial charge in [-0.2, -0.15) is 5.26 Å². The number of nitriles is 1. The van der Waals surface area contributed by atoms with Crippen LogP contribution >= 0.6 is 0 Å². The lowest BCUT2D eigenvalue weighted by molar-refractivity contribution is 1.15. The van der Waals surface area contributed by atoms with Crippen molar-refractivity contribution in [3.63, 3.8) is 0 Å². The molecule has 3 aromatic rings. The normalized spacial score (nSPS) is 10.2. The topological polar surface area (TPSA) is 74.7 Å². The summed E-state index contributed by atoms with van der Waals surface area (Å²) in [5, 5.41) is 13.3. The van der Waals surface area contributed by atoms with Gasteiger partial charge >= 0.3 is 0 Å². The van der Waals surface area contributed by atoms with Crippen molar-refractivity contribution in [2.24, 2.45) is 0 Å². The van der Waals surface area contributed by atoms with Crippen LogP contribution in [0.3, 0.4) is 0 Å². The molecule has 102 valence electrons. The Hall–Kier alpha value is -3.06. The lowest BCUT2D eigenvalue weighted by Crippen LogP contribution is -2.03. The van der Waals surface area contributed by atoms with Crippen molar-refractivity contribution in [2.75, 3.05) is 11.1 Å². The molecule has 2 aromatic carbocycles. The summed E-state index contributed by atoms with van der Waals surface area (Å²) in [4.78, 5) is 4.43. The van der Waals surface area contributed by atoms with Crippen molar-refractivity contribution < 1.29 is 0 Å². The fraction of sp³-hybridized carbons (Fsp3) is 0.0588. The van der Waals surface area contributed by atoms with Crippen molar-refractivity contribution in [3.05, 3.63) is 65.9 Å². The Labute approximate surface area is 122 Å². The summed E-state index contributed by atoms with van der Waals surface area (Å²) >= 11 is 0. The molecular weight excluding hydrogens is 260 g/mol. The maximum Gasteiger partial charge on any atom is 0.0992 e. The van der Waals surface area contributed by atoms with Crippen LogP contribution in [0, 0.1) is 11.3 Å². The molecule has 0 saturated carbocycles. The van der Waals surface area contributed by atoms with Crippen LogP contribution in [0.15, 0.2) is 54.7 Å². The number of hydrogen-bond acceptors (Lipinski definition) is 4. The van der Waals surface area contributed by atoms with Crippen molar-refractivity contribution >= 4 is 22.3 Å². The van der Waals surface area contributed by atoms with Crippen LogP contribution in [0.25, 0.3) is 10.9 Å². The molecule has 0 amide bonds. The number of benzene rings is 2. The van der Waals surface area contributed by atoms with Crippen molar-refractivity contribution in [1.29, 1.82) is 5.26 Å². The first-order chi connectivity index (χ1) is 10.3. The number of anilines is 2. The van der Waals surface area contributed by atoms with Gasteiger partial charge in [-0.1, -0.05) is 24.3 Å². The third-order valence-electron chi connectivity index (χ3n) is 3.37. The van der Waals surface area contributed by atoms with Gasteiger partial charge < -0.3 is 11.1 Å². The summed E-state index contributed by atoms with van der Waals surface area (Å²) in [7, 11) is 0. The van der Waals surface area contributed by atoms with Gasteiger partial charge in [0, 0.05) is 18.1 Å². The van der Waals surface area contributed by atoms with Crippen molar-refractivity contribution in [3.8, 4) is 6.07 Å². The molecule has 0 unspecified atom stereocenters. The molecule has 1 heterocycles. The highest BCUT2D eigenvalue weighted by atomic mass is 14.9. The van der Waals surface area contributed by atoms with Gasteiger partial charge in [0.1, 0.15) is 0 Å². The van der Waals surface area contributed by atoms with E-state index >= 15 is 0 Å². The summed E-state index contributed by atoms with van der Waals surface area (Å²) in [6.07, 6.45) is 1.79. The molecule has 0 aliphatic carbocycles. The number of nitrogens with two attached hydrogens (primary N) is 1. The van der Waals surface area contributed by atoms with E-state index in [1.807, 2.05) is 30.3 Å². The molecule has 0 atom stereocenters. The van der Waals surface area contributed by atoms with Crippen LogP contribution < -0.4 is 11.1 Å². The van der Waals surface area contributed by atoms with Gasteiger partial charge in [0.25, 0.3) is 0 Å². The summed E-state index contributed by atoms with van der Waals surface area (Å²) in [6.45, 7) is 0.605. The quantitative estimate of drug-likeness (QED) is 0.718. The fourth-order valence-electron chi connectivity index (χ4n) is 2.28. The van der Waals surface area contributed by atoms with E-state index in [0.29, 0.717) is 17.8 Å². The Morgan fingerprint density at radius 1 is 1.14 bits per heavy atom. The third kappa shape index (κ3) is 2.63. The van der Waals surface area contributed by atoms with E-state index in [9.17, 15) is 0 Å². The van der Waals surface area contributed by atoms with Gasteiger partial charge in [-0.25, -0.2) is 0 Å². The van der Waals surface area contributed by atoms with Gasteiger partial charge in [-0.3, -0.25) is 4.98 Å². The number of nitrogens with zero attached hydrogens (tertiary/aromatic N) is 2. The minimum Gasteiger partial charge on any atom is -0.397 e. The summed E-state index contributed by atoms with van der Waals surface area (Å²) in [6, 6.07) is 17.4. The van der Waals surface area contributed by atoms with E-state index in [0.717, 1.165) is 22.2 Å². The minimum absolute atomic E-state index is 0.586. The van der Waals surface area contributed by atoms with Crippen LogP contribution in [0.1, 0.15) is 11.1 Å². The van der Waals surface area contributed by atoms with E-state index in [4.69, 9.17) is 11.0 Å². The Balaban J connectivity index is 1.89. The largest absolute Gasteiger partial charge is 0.397 e. The molecule has 4 heteroatoms. The molecular formula is C17H14N4. The smallest absolute Gasteiger partial charge is 0.0992 e. The predicted molar refractivity (Wildman–Crippen MR) is 84.6 cm³/mol. The summed E-state index contributed by atoms with van der Waals surface area (Å²) in [5.41, 5.74) is 9.98. The lowest BCUT2D eigenvalue weighted by Gasteiger charge is -2.11. The molecule has 21 heavy (non-hydrogen) atoms. The molecule has 0 bridgehead atoms. The van der Waals surface area contributed by atoms with Crippen LogP contribution in [0.4, 0.5) is 11.4 Å². The molecule has 4 nitrogen and oxygen atoms in total. The highest BCUT2D eigenvalue weighted by molar-refractivity contribution is 5.82. The summed E-state index contributed by atoms with van der Waals surface area (Å²) in [5.74, 6) is 0. The zero-order valence-electron chi connectivity index (χ0n) is 11.4. The Kier molecular flexibility index (Phi) is 3.40. The molecule has 3 rings (SSSR count). The Morgan fingerprint density at radius 3 is 2.86 bits per heavy atom. The number of pyridine rings is 1. The Morgan fingerprint density at radius 2 is 2.00 bits per heavy atom. The van der Waals surface area contributed by atoms with Crippen LogP contribution in [-0.4, -0.2) is 4.98 Å². The van der Waals surface area contributed by atoms with Gasteiger partial charge in [-0.15, -0.1) is 0 Å². The van der Waals surface area contributed by atoms with E-state index in [1.165, 1.54) is 0 Å². The van der Waals surface area contributed by atoms with Gasteiger partial charge in [0.2, 0.25) is 0 Å². The maximum absolute atomic E-state index is 8.95. The lowest BCUT2D eigenvalue weighted by atomic mass is 10.1.